The third-order valence-corrected chi connectivity index (χ3v) is 18.5. The number of aliphatic hydroxyl groups is 1. The van der Waals surface area contributed by atoms with Crippen molar-refractivity contribution in [3.05, 3.63) is 77.9 Å². The lowest BCUT2D eigenvalue weighted by Gasteiger charge is -2.40. The maximum atomic E-state index is 12.4. The second-order valence-corrected chi connectivity index (χ2v) is 33.6. The Labute approximate surface area is 587 Å². The standard InChI is InChI=1S/C19H28N2O3.C18H26BrNO6S.C12H21NO3.C11H20BrNO4.C9H15NO2/c1-14(15-8-6-5-7-9-15)21-10-11-23-17-13-20(12-16(17)21)18(22)24-19(2,3)4;1-13-5-7-14(8-6-13)27(22,23)25-10-9-24-16-12-20(11-15(16)19)17(21)26-18(2,3)4;1-12(2,3)16-11(14)13-7-9-5-4-6-15-10(9)8-13;1-11(2,3)17-10(15)13-6-8(12)9(7-13)16-5-4-14;1-9(2,3)12-8(11)10-6-4-5-7-10/h5-9,14,16-17H,10-13H2,1-4H3;5-8,15-16H,9-12H2,1-4H3;9-10H,4-8H2,1-3H3;8-9,14H,4-7H2,1-3H3;4-5H,6-7H2,1-3H3/t14-,16+,17-;15-,16-;9-,10+;8-,9-;/m1101./s1. The lowest BCUT2D eigenvalue weighted by molar-refractivity contribution is -0.0616. The highest BCUT2D eigenvalue weighted by atomic mass is 79.9. The molecule has 7 heterocycles. The van der Waals surface area contributed by atoms with Crippen LogP contribution in [0.15, 0.2) is 71.6 Å². The minimum absolute atomic E-state index is 0.0113. The van der Waals surface area contributed by atoms with Crippen LogP contribution in [0.4, 0.5) is 24.0 Å². The Bertz CT molecular complexity index is 2890. The van der Waals surface area contributed by atoms with Crippen LogP contribution < -0.4 is 0 Å². The third-order valence-electron chi connectivity index (χ3n) is 15.4. The molecule has 9 atom stereocenters. The van der Waals surface area contributed by atoms with Gasteiger partial charge in [-0.1, -0.05) is 92.0 Å². The number of halogens is 2. The van der Waals surface area contributed by atoms with Crippen molar-refractivity contribution in [2.75, 3.05) is 112 Å². The lowest BCUT2D eigenvalue weighted by Crippen LogP contribution is -2.51. The second kappa shape index (κ2) is 36.5. The minimum Gasteiger partial charge on any atom is -0.444 e. The number of aryl methyl sites for hydroxylation is 1. The molecule has 96 heavy (non-hydrogen) atoms. The van der Waals surface area contributed by atoms with Gasteiger partial charge in [-0.05, 0) is 148 Å². The molecule has 0 aliphatic carbocycles. The van der Waals surface area contributed by atoms with Crippen LogP contribution in [-0.4, -0.2) is 253 Å². The molecule has 2 aromatic carbocycles. The van der Waals surface area contributed by atoms with Crippen LogP contribution >= 0.6 is 31.9 Å². The fraction of sp³-hybridized carbons (Fsp3) is 0.725. The minimum atomic E-state index is -3.81. The number of hydrogen-bond donors (Lipinski definition) is 1. The highest BCUT2D eigenvalue weighted by Crippen LogP contribution is 2.33. The molecule has 6 fully saturated rings. The molecule has 27 heteroatoms. The van der Waals surface area contributed by atoms with E-state index >= 15 is 0 Å². The van der Waals surface area contributed by atoms with E-state index in [4.69, 9.17) is 51.9 Å². The van der Waals surface area contributed by atoms with Crippen LogP contribution in [-0.2, 0) is 56.9 Å². The molecule has 0 bridgehead atoms. The largest absolute Gasteiger partial charge is 0.444 e. The number of hydrogen-bond acceptors (Lipinski definition) is 19. The van der Waals surface area contributed by atoms with E-state index in [1.54, 1.807) is 36.6 Å². The zero-order chi connectivity index (χ0) is 71.6. The Morgan fingerprint density at radius 3 is 1.43 bits per heavy atom. The van der Waals surface area contributed by atoms with Gasteiger partial charge in [0.05, 0.1) is 104 Å². The summed E-state index contributed by atoms with van der Waals surface area (Å²) in [5.74, 6) is 0.515. The first-order valence-corrected chi connectivity index (χ1v) is 36.5. The van der Waals surface area contributed by atoms with E-state index in [2.05, 4.69) is 67.9 Å². The van der Waals surface area contributed by atoms with Crippen LogP contribution in [0.2, 0.25) is 0 Å². The quantitative estimate of drug-likeness (QED) is 0.0721. The van der Waals surface area contributed by atoms with E-state index < -0.39 is 38.6 Å². The van der Waals surface area contributed by atoms with Gasteiger partial charge < -0.3 is 72.2 Å². The van der Waals surface area contributed by atoms with Gasteiger partial charge in [-0.15, -0.1) is 0 Å². The Hall–Kier alpha value is -4.84. The number of ether oxygens (including phenoxy) is 9. The van der Waals surface area contributed by atoms with E-state index in [1.807, 2.05) is 129 Å². The lowest BCUT2D eigenvalue weighted by atomic mass is 9.98. The number of fused-ring (bicyclic) bond motifs is 2. The summed E-state index contributed by atoms with van der Waals surface area (Å²) in [5.41, 5.74) is -0.0437. The van der Waals surface area contributed by atoms with Gasteiger partial charge in [-0.2, -0.15) is 8.42 Å². The van der Waals surface area contributed by atoms with Gasteiger partial charge in [0.2, 0.25) is 0 Å². The molecule has 5 amide bonds. The Morgan fingerprint density at radius 1 is 0.542 bits per heavy atom. The van der Waals surface area contributed by atoms with Crippen LogP contribution in [0.1, 0.15) is 141 Å². The summed E-state index contributed by atoms with van der Waals surface area (Å²) < 4.78 is 78.7. The molecule has 0 spiro atoms. The van der Waals surface area contributed by atoms with Gasteiger partial charge in [0.25, 0.3) is 10.1 Å². The molecule has 0 radical (unpaired) electrons. The number of amides is 5. The summed E-state index contributed by atoms with van der Waals surface area (Å²) in [7, 11) is -3.81. The zero-order valence-electron chi connectivity index (χ0n) is 59.7. The van der Waals surface area contributed by atoms with Crippen molar-refractivity contribution in [2.24, 2.45) is 5.92 Å². The average Bonchev–Trinajstić information content (AvgIpc) is 1.61. The monoisotopic (exact) mass is 1500 g/mol. The first kappa shape index (κ1) is 81.8. The molecule has 6 saturated heterocycles. The fourth-order valence-corrected chi connectivity index (χ4v) is 13.2. The van der Waals surface area contributed by atoms with Crippen LogP contribution in [0, 0.1) is 12.8 Å². The molecule has 7 aliphatic rings. The number of likely N-dealkylation sites (tertiary alicyclic amines) is 4. The van der Waals surface area contributed by atoms with Crippen molar-refractivity contribution in [2.45, 2.75) is 210 Å². The van der Waals surface area contributed by atoms with E-state index in [0.29, 0.717) is 77.5 Å². The summed E-state index contributed by atoms with van der Waals surface area (Å²) in [6.45, 7) is 40.7. The van der Waals surface area contributed by atoms with Crippen LogP contribution in [0.3, 0.4) is 0 Å². The van der Waals surface area contributed by atoms with E-state index in [0.717, 1.165) is 31.7 Å². The number of alkyl halides is 2. The summed E-state index contributed by atoms with van der Waals surface area (Å²) in [6, 6.07) is 17.5. The molecule has 7 aliphatic heterocycles. The van der Waals surface area contributed by atoms with Gasteiger partial charge in [-0.25, -0.2) is 24.0 Å². The predicted molar refractivity (Wildman–Crippen MR) is 372 cm³/mol. The Balaban J connectivity index is 0.000000223. The Kier molecular flexibility index (Phi) is 31.1. The molecule has 0 saturated carbocycles. The van der Waals surface area contributed by atoms with Crippen molar-refractivity contribution >= 4 is 72.4 Å². The summed E-state index contributed by atoms with van der Waals surface area (Å²) >= 11 is 6.96. The molecular weight excluding hydrogens is 1390 g/mol. The zero-order valence-corrected chi connectivity index (χ0v) is 63.7. The summed E-state index contributed by atoms with van der Waals surface area (Å²) in [6.07, 6.45) is 4.77. The first-order chi connectivity index (χ1) is 44.6. The number of morpholine rings is 1. The highest BCUT2D eigenvalue weighted by molar-refractivity contribution is 9.09. The van der Waals surface area contributed by atoms with E-state index in [-0.39, 0.29) is 101 Å². The highest BCUT2D eigenvalue weighted by Gasteiger charge is 2.45. The van der Waals surface area contributed by atoms with Gasteiger partial charge in [0.15, 0.2) is 0 Å². The third kappa shape index (κ3) is 28.4. The predicted octanol–water partition coefficient (Wildman–Crippen LogP) is 11.4. The van der Waals surface area contributed by atoms with Crippen LogP contribution in [0.5, 0.6) is 0 Å². The number of carbonyl (C=O) groups is 5. The molecule has 24 nitrogen and oxygen atoms in total. The first-order valence-electron chi connectivity index (χ1n) is 33.3. The number of nitrogens with zero attached hydrogens (tertiary/aromatic N) is 6. The molecular formula is C69H110Br2N6O18S. The molecule has 0 unspecified atom stereocenters. The smallest absolute Gasteiger partial charge is 0.410 e. The van der Waals surface area contributed by atoms with E-state index in [1.165, 1.54) is 24.1 Å². The average molecular weight is 1500 g/mol. The summed E-state index contributed by atoms with van der Waals surface area (Å²) in [5, 5.41) is 8.70. The molecule has 9 rings (SSSR count). The topological polar surface area (TPSA) is 251 Å². The van der Waals surface area contributed by atoms with Gasteiger partial charge >= 0.3 is 30.5 Å². The van der Waals surface area contributed by atoms with Crippen molar-refractivity contribution in [1.29, 1.82) is 0 Å². The molecule has 544 valence electrons. The van der Waals surface area contributed by atoms with Crippen molar-refractivity contribution in [1.82, 2.24) is 29.4 Å². The number of aliphatic hydroxyl groups excluding tert-OH is 1. The van der Waals surface area contributed by atoms with Gasteiger partial charge in [0, 0.05) is 64.4 Å². The fourth-order valence-electron chi connectivity index (χ4n) is 11.0. The van der Waals surface area contributed by atoms with Gasteiger partial charge in [0.1, 0.15) is 28.0 Å². The van der Waals surface area contributed by atoms with Crippen molar-refractivity contribution < 1.29 is 84.3 Å². The number of benzene rings is 2. The molecule has 1 N–H and O–H groups in total. The van der Waals surface area contributed by atoms with Gasteiger partial charge in [-0.3, -0.25) is 9.08 Å². The summed E-state index contributed by atoms with van der Waals surface area (Å²) in [4.78, 5) is 70.5. The number of carbonyl (C=O) groups excluding carboxylic acids is 5. The second-order valence-electron chi connectivity index (χ2n) is 29.7. The van der Waals surface area contributed by atoms with Crippen LogP contribution in [0.25, 0.3) is 0 Å². The number of rotatable bonds is 11. The molecule has 2 aromatic rings. The maximum Gasteiger partial charge on any atom is 0.410 e. The maximum absolute atomic E-state index is 12.4. The van der Waals surface area contributed by atoms with Crippen molar-refractivity contribution in [3.63, 3.8) is 0 Å². The molecule has 0 aromatic heterocycles. The van der Waals surface area contributed by atoms with E-state index in [9.17, 15) is 32.4 Å². The Morgan fingerprint density at radius 2 is 0.969 bits per heavy atom. The van der Waals surface area contributed by atoms with Crippen molar-refractivity contribution in [3.8, 4) is 0 Å². The SMILES string of the molecule is CC(C)(C)OC(=O)N1CC=CC1.CC(C)(C)OC(=O)N1C[C@@H](Br)[C@H](OCCO)C1.CC(C)(C)OC(=O)N1C[C@@H]2CCCO[C@@H]2C1.C[C@H](c1ccccc1)N1CCO[C@@H]2CN(C(=O)OC(C)(C)C)C[C@@H]21.Cc1ccc(S(=O)(=O)OCCO[C@@H]2CN(C(=O)OC(C)(C)C)C[C@H]2Br)cc1. The normalized spacial score (nSPS) is 23.9.